The van der Waals surface area contributed by atoms with Crippen LogP contribution in [-0.4, -0.2) is 17.5 Å². The average molecular weight is 348 g/mol. The zero-order chi connectivity index (χ0) is 17.9. The van der Waals surface area contributed by atoms with Crippen molar-refractivity contribution in [1.82, 2.24) is 10.9 Å². The highest BCUT2D eigenvalue weighted by Crippen LogP contribution is 2.35. The Bertz CT molecular complexity index is 831. The first kappa shape index (κ1) is 16.3. The number of carbonyl (C=O) groups excluding carboxylic acids is 2. The van der Waals surface area contributed by atoms with Gasteiger partial charge in [-0.25, -0.2) is 0 Å². The van der Waals surface area contributed by atoms with E-state index in [0.29, 0.717) is 12.1 Å². The monoisotopic (exact) mass is 348 g/mol. The highest BCUT2D eigenvalue weighted by atomic mass is 16.2. The topological polar surface area (TPSA) is 73.8 Å². The first-order chi connectivity index (χ1) is 12.7. The van der Waals surface area contributed by atoms with Gasteiger partial charge in [-0.05, 0) is 30.5 Å². The Morgan fingerprint density at radius 2 is 1.58 bits per heavy atom. The molecule has 2 aromatic rings. The molecule has 2 aromatic carbocycles. The largest absolute Gasteiger partial charge is 0.285 e. The molecule has 1 aliphatic carbocycles. The number of hydrogen-bond donors (Lipinski definition) is 2. The number of nitrogens with one attached hydrogen (secondary N) is 2. The highest BCUT2D eigenvalue weighted by molar-refractivity contribution is 6.39. The number of amides is 2. The molecule has 1 heterocycles. The van der Waals surface area contributed by atoms with Gasteiger partial charge in [0.05, 0.1) is 11.7 Å². The van der Waals surface area contributed by atoms with Gasteiger partial charge in [-0.15, -0.1) is 0 Å². The van der Waals surface area contributed by atoms with Crippen LogP contribution in [0.1, 0.15) is 30.9 Å². The predicted molar refractivity (Wildman–Crippen MR) is 99.2 cm³/mol. The van der Waals surface area contributed by atoms with E-state index in [4.69, 9.17) is 0 Å². The van der Waals surface area contributed by atoms with Crippen molar-refractivity contribution in [2.24, 2.45) is 11.0 Å². The van der Waals surface area contributed by atoms with Crippen LogP contribution in [0.2, 0.25) is 0 Å². The van der Waals surface area contributed by atoms with Crippen molar-refractivity contribution < 1.29 is 9.59 Å². The van der Waals surface area contributed by atoms with Crippen molar-refractivity contribution in [3.05, 3.63) is 66.2 Å². The third-order valence-corrected chi connectivity index (χ3v) is 4.62. The van der Waals surface area contributed by atoms with Gasteiger partial charge in [0.25, 0.3) is 5.91 Å². The molecule has 1 atom stereocenters. The molecular formula is C20H20N4O2. The summed E-state index contributed by atoms with van der Waals surface area (Å²) in [5.74, 6) is -0.450. The molecule has 2 N–H and O–H groups in total. The number of hydrazone groups is 1. The molecule has 4 rings (SSSR count). The van der Waals surface area contributed by atoms with Crippen molar-refractivity contribution in [2.45, 2.75) is 25.3 Å². The Labute approximate surface area is 151 Å². The van der Waals surface area contributed by atoms with Crippen LogP contribution in [0, 0.1) is 5.92 Å². The molecule has 6 nitrogen and oxygen atoms in total. The Hall–Kier alpha value is -3.15. The Balaban J connectivity index is 1.53. The quantitative estimate of drug-likeness (QED) is 0.834. The summed E-state index contributed by atoms with van der Waals surface area (Å²) in [6.07, 6.45) is 2.26. The van der Waals surface area contributed by atoms with Crippen LogP contribution in [0.4, 0.5) is 5.69 Å². The molecule has 1 fully saturated rings. The molecule has 132 valence electrons. The number of nitrogens with zero attached hydrogens (tertiary/aromatic N) is 2. The maximum atomic E-state index is 12.5. The molecular weight excluding hydrogens is 328 g/mol. The van der Waals surface area contributed by atoms with E-state index in [-0.39, 0.29) is 23.8 Å². The van der Waals surface area contributed by atoms with Crippen molar-refractivity contribution in [3.63, 3.8) is 0 Å². The van der Waals surface area contributed by atoms with Crippen molar-refractivity contribution in [3.8, 4) is 0 Å². The lowest BCUT2D eigenvalue weighted by Gasteiger charge is -2.23. The number of anilines is 1. The summed E-state index contributed by atoms with van der Waals surface area (Å²) in [5, 5.41) is 6.41. The fraction of sp³-hybridized carbons (Fsp3) is 0.250. The fourth-order valence-electron chi connectivity index (χ4n) is 3.04. The second-order valence-electron chi connectivity index (χ2n) is 6.58. The van der Waals surface area contributed by atoms with E-state index in [0.717, 1.165) is 24.1 Å². The lowest BCUT2D eigenvalue weighted by atomic mass is 10.0. The first-order valence-electron chi connectivity index (χ1n) is 8.79. The third-order valence-electron chi connectivity index (χ3n) is 4.62. The minimum absolute atomic E-state index is 0.0405. The van der Waals surface area contributed by atoms with Crippen LogP contribution in [0.15, 0.2) is 65.8 Å². The molecule has 0 aromatic heterocycles. The van der Waals surface area contributed by atoms with E-state index in [1.807, 2.05) is 65.7 Å². The van der Waals surface area contributed by atoms with Gasteiger partial charge in [0, 0.05) is 12.3 Å². The minimum Gasteiger partial charge on any atom is -0.273 e. The summed E-state index contributed by atoms with van der Waals surface area (Å²) in [7, 11) is 0. The molecule has 1 aliphatic heterocycles. The molecule has 6 heteroatoms. The SMILES string of the molecule is O=C(NNC(=O)C1CC1)C1=NN(c2ccccc2)C(c2ccccc2)C1. The summed E-state index contributed by atoms with van der Waals surface area (Å²) in [6.45, 7) is 0. The molecule has 1 unspecified atom stereocenters. The maximum absolute atomic E-state index is 12.5. The normalized spacial score (nSPS) is 19.0. The lowest BCUT2D eigenvalue weighted by Crippen LogP contribution is -2.45. The number of carbonyl (C=O) groups is 2. The van der Waals surface area contributed by atoms with Gasteiger partial charge < -0.3 is 0 Å². The Morgan fingerprint density at radius 1 is 0.923 bits per heavy atom. The Kier molecular flexibility index (Phi) is 4.39. The van der Waals surface area contributed by atoms with Crippen molar-refractivity contribution in [1.29, 1.82) is 0 Å². The van der Waals surface area contributed by atoms with Crippen LogP contribution in [-0.2, 0) is 9.59 Å². The first-order valence-corrected chi connectivity index (χ1v) is 8.79. The fourth-order valence-corrected chi connectivity index (χ4v) is 3.04. The standard InChI is InChI=1S/C20H20N4O2/c25-19(15-11-12-15)21-22-20(26)17-13-18(14-7-3-1-4-8-14)24(23-17)16-9-5-2-6-10-16/h1-10,15,18H,11-13H2,(H,21,25)(H,22,26). The summed E-state index contributed by atoms with van der Waals surface area (Å²) < 4.78 is 0. The van der Waals surface area contributed by atoms with Gasteiger partial charge >= 0.3 is 0 Å². The molecule has 2 amide bonds. The van der Waals surface area contributed by atoms with Crippen molar-refractivity contribution >= 4 is 23.2 Å². The Morgan fingerprint density at radius 3 is 2.23 bits per heavy atom. The van der Waals surface area contributed by atoms with E-state index >= 15 is 0 Å². The van der Waals surface area contributed by atoms with Gasteiger partial charge in [-0.1, -0.05) is 48.5 Å². The maximum Gasteiger partial charge on any atom is 0.285 e. The number of benzene rings is 2. The molecule has 0 radical (unpaired) electrons. The van der Waals surface area contributed by atoms with Gasteiger partial charge in [-0.3, -0.25) is 25.4 Å². The second kappa shape index (κ2) is 7.00. The van der Waals surface area contributed by atoms with E-state index in [1.165, 1.54) is 0 Å². The van der Waals surface area contributed by atoms with E-state index in [9.17, 15) is 9.59 Å². The van der Waals surface area contributed by atoms with E-state index in [2.05, 4.69) is 16.0 Å². The van der Waals surface area contributed by atoms with Crippen LogP contribution in [0.5, 0.6) is 0 Å². The van der Waals surface area contributed by atoms with Gasteiger partial charge in [0.2, 0.25) is 5.91 Å². The van der Waals surface area contributed by atoms with E-state index < -0.39 is 0 Å². The average Bonchev–Trinajstić information content (AvgIpc) is 3.45. The third kappa shape index (κ3) is 3.44. The lowest BCUT2D eigenvalue weighted by molar-refractivity contribution is -0.127. The van der Waals surface area contributed by atoms with Gasteiger partial charge in [0.1, 0.15) is 5.71 Å². The highest BCUT2D eigenvalue weighted by Gasteiger charge is 2.33. The molecule has 0 spiro atoms. The van der Waals surface area contributed by atoms with Gasteiger partial charge in [-0.2, -0.15) is 5.10 Å². The predicted octanol–water partition coefficient (Wildman–Crippen LogP) is 2.55. The zero-order valence-corrected chi connectivity index (χ0v) is 14.3. The molecule has 0 saturated heterocycles. The molecule has 1 saturated carbocycles. The smallest absolute Gasteiger partial charge is 0.273 e. The summed E-state index contributed by atoms with van der Waals surface area (Å²) in [4.78, 5) is 24.2. The number of hydrogen-bond acceptors (Lipinski definition) is 4. The number of hydrazine groups is 1. The number of rotatable bonds is 4. The number of para-hydroxylation sites is 1. The van der Waals surface area contributed by atoms with Crippen LogP contribution < -0.4 is 15.9 Å². The molecule has 26 heavy (non-hydrogen) atoms. The van der Waals surface area contributed by atoms with E-state index in [1.54, 1.807) is 0 Å². The summed E-state index contributed by atoms with van der Waals surface area (Å²) >= 11 is 0. The van der Waals surface area contributed by atoms with Gasteiger partial charge in [0.15, 0.2) is 0 Å². The summed E-state index contributed by atoms with van der Waals surface area (Å²) in [5.41, 5.74) is 7.40. The van der Waals surface area contributed by atoms with Crippen LogP contribution in [0.25, 0.3) is 0 Å². The van der Waals surface area contributed by atoms with Crippen LogP contribution >= 0.6 is 0 Å². The van der Waals surface area contributed by atoms with Crippen molar-refractivity contribution in [2.75, 3.05) is 5.01 Å². The van der Waals surface area contributed by atoms with Crippen LogP contribution in [0.3, 0.4) is 0 Å². The molecule has 2 aliphatic rings. The second-order valence-corrected chi connectivity index (χ2v) is 6.58. The summed E-state index contributed by atoms with van der Waals surface area (Å²) in [6, 6.07) is 19.7. The minimum atomic E-state index is -0.363. The molecule has 0 bridgehead atoms. The zero-order valence-electron chi connectivity index (χ0n) is 14.3.